The molecule has 6 nitrogen and oxygen atoms in total. The normalized spacial score (nSPS) is 11.1. The monoisotopic (exact) mass is 478 g/mol. The number of benzene rings is 3. The van der Waals surface area contributed by atoms with Crippen LogP contribution >= 0.6 is 11.3 Å². The van der Waals surface area contributed by atoms with Crippen LogP contribution in [0, 0.1) is 0 Å². The van der Waals surface area contributed by atoms with E-state index in [0.29, 0.717) is 17.1 Å². The van der Waals surface area contributed by atoms with E-state index in [4.69, 9.17) is 4.74 Å². The number of rotatable bonds is 8. The second-order valence-corrected chi connectivity index (χ2v) is 10.1. The van der Waals surface area contributed by atoms with Gasteiger partial charge in [-0.2, -0.15) is 0 Å². The van der Waals surface area contributed by atoms with Gasteiger partial charge in [0, 0.05) is 11.3 Å². The number of methoxy groups -OCH3 is 1. The van der Waals surface area contributed by atoms with Gasteiger partial charge in [0.1, 0.15) is 16.5 Å². The number of nitrogens with one attached hydrogen (secondary N) is 1. The van der Waals surface area contributed by atoms with Gasteiger partial charge in [-0.3, -0.25) is 9.10 Å². The lowest BCUT2D eigenvalue weighted by molar-refractivity contribution is -0.114. The molecule has 1 aromatic heterocycles. The molecule has 1 amide bonds. The molecule has 8 heteroatoms. The van der Waals surface area contributed by atoms with Crippen LogP contribution in [0.15, 0.2) is 101 Å². The minimum atomic E-state index is -3.98. The first-order chi connectivity index (χ1) is 16.0. The second kappa shape index (κ2) is 9.89. The van der Waals surface area contributed by atoms with Gasteiger partial charge >= 0.3 is 0 Å². The molecule has 0 spiro atoms. The van der Waals surface area contributed by atoms with Crippen LogP contribution in [-0.4, -0.2) is 28.0 Å². The first-order valence-corrected chi connectivity index (χ1v) is 12.5. The molecule has 0 aliphatic carbocycles. The van der Waals surface area contributed by atoms with E-state index in [1.807, 2.05) is 48.5 Å². The molecule has 0 atom stereocenters. The number of thiophene rings is 1. The van der Waals surface area contributed by atoms with Gasteiger partial charge in [0.25, 0.3) is 10.0 Å². The number of anilines is 2. The molecule has 0 radical (unpaired) electrons. The average molecular weight is 479 g/mol. The number of nitrogens with zero attached hydrogens (tertiary/aromatic N) is 1. The fourth-order valence-corrected chi connectivity index (χ4v) is 5.97. The fourth-order valence-electron chi connectivity index (χ4n) is 3.44. The standard InChI is InChI=1S/C25H22N2O4S2/c1-31-23-15-8-7-14-22(23)27(33(29,30)25-16-9-17-32-25)18-24(28)26-21-13-6-5-12-20(21)19-10-3-2-4-11-19/h2-17H,18H2,1H3,(H,26,28). The van der Waals surface area contributed by atoms with E-state index in [0.717, 1.165) is 26.8 Å². The van der Waals surface area contributed by atoms with Crippen LogP contribution in [0.25, 0.3) is 11.1 Å². The third-order valence-corrected chi connectivity index (χ3v) is 8.10. The predicted octanol–water partition coefficient (Wildman–Crippen LogP) is 5.26. The molecule has 1 N–H and O–H groups in total. The second-order valence-electron chi connectivity index (χ2n) is 7.08. The zero-order valence-corrected chi connectivity index (χ0v) is 19.5. The highest BCUT2D eigenvalue weighted by molar-refractivity contribution is 7.94. The highest BCUT2D eigenvalue weighted by atomic mass is 32.2. The van der Waals surface area contributed by atoms with E-state index in [-0.39, 0.29) is 4.21 Å². The molecule has 0 unspecified atom stereocenters. The van der Waals surface area contributed by atoms with Crippen LogP contribution in [0.5, 0.6) is 5.75 Å². The maximum absolute atomic E-state index is 13.4. The largest absolute Gasteiger partial charge is 0.495 e. The van der Waals surface area contributed by atoms with E-state index < -0.39 is 22.5 Å². The number of hydrogen-bond donors (Lipinski definition) is 1. The van der Waals surface area contributed by atoms with Gasteiger partial charge < -0.3 is 10.1 Å². The Labute approximate surface area is 197 Å². The molecule has 4 aromatic rings. The van der Waals surface area contributed by atoms with Crippen molar-refractivity contribution in [1.29, 1.82) is 0 Å². The summed E-state index contributed by atoms with van der Waals surface area (Å²) < 4.78 is 33.5. The number of carbonyl (C=O) groups is 1. The molecule has 0 bridgehead atoms. The van der Waals surface area contributed by atoms with Crippen molar-refractivity contribution in [3.63, 3.8) is 0 Å². The fraction of sp³-hybridized carbons (Fsp3) is 0.0800. The van der Waals surface area contributed by atoms with Crippen LogP contribution in [0.2, 0.25) is 0 Å². The van der Waals surface area contributed by atoms with Crippen molar-refractivity contribution in [3.05, 3.63) is 96.4 Å². The van der Waals surface area contributed by atoms with Gasteiger partial charge in [-0.25, -0.2) is 8.42 Å². The highest BCUT2D eigenvalue weighted by Gasteiger charge is 2.30. The molecule has 1 heterocycles. The summed E-state index contributed by atoms with van der Waals surface area (Å²) in [7, 11) is -2.52. The van der Waals surface area contributed by atoms with Crippen LogP contribution in [-0.2, 0) is 14.8 Å². The van der Waals surface area contributed by atoms with Gasteiger partial charge in [0.05, 0.1) is 12.8 Å². The number of amides is 1. The Hall–Kier alpha value is -3.62. The first kappa shape index (κ1) is 22.6. The van der Waals surface area contributed by atoms with Gasteiger partial charge in [-0.05, 0) is 35.2 Å². The third-order valence-electron chi connectivity index (χ3n) is 4.97. The Balaban J connectivity index is 1.68. The Morgan fingerprint density at radius 2 is 1.61 bits per heavy atom. The summed E-state index contributed by atoms with van der Waals surface area (Å²) in [4.78, 5) is 13.1. The van der Waals surface area contributed by atoms with Gasteiger partial charge in [0.15, 0.2) is 0 Å². The lowest BCUT2D eigenvalue weighted by Gasteiger charge is -2.25. The smallest absolute Gasteiger partial charge is 0.274 e. The quantitative estimate of drug-likeness (QED) is 0.375. The molecular formula is C25H22N2O4S2. The molecule has 0 aliphatic rings. The maximum atomic E-state index is 13.4. The van der Waals surface area contributed by atoms with Gasteiger partial charge in [-0.15, -0.1) is 11.3 Å². The summed E-state index contributed by atoms with van der Waals surface area (Å²) in [6, 6.07) is 27.0. The number of hydrogen-bond acceptors (Lipinski definition) is 5. The third kappa shape index (κ3) is 4.92. The number of para-hydroxylation sites is 3. The summed E-state index contributed by atoms with van der Waals surface area (Å²) in [6.07, 6.45) is 0. The Morgan fingerprint density at radius 1 is 0.909 bits per heavy atom. The molecule has 0 saturated heterocycles. The first-order valence-electron chi connectivity index (χ1n) is 10.1. The Morgan fingerprint density at radius 3 is 2.33 bits per heavy atom. The van der Waals surface area contributed by atoms with Crippen LogP contribution in [0.4, 0.5) is 11.4 Å². The van der Waals surface area contributed by atoms with Crippen molar-refractivity contribution in [2.75, 3.05) is 23.3 Å². The summed E-state index contributed by atoms with van der Waals surface area (Å²) in [5, 5.41) is 4.57. The van der Waals surface area contributed by atoms with Crippen molar-refractivity contribution in [2.24, 2.45) is 0 Å². The number of carbonyl (C=O) groups excluding carboxylic acids is 1. The van der Waals surface area contributed by atoms with E-state index in [1.54, 1.807) is 41.8 Å². The zero-order valence-electron chi connectivity index (χ0n) is 17.8. The number of sulfonamides is 1. The zero-order chi connectivity index (χ0) is 23.3. The minimum absolute atomic E-state index is 0.144. The minimum Gasteiger partial charge on any atom is -0.495 e. The van der Waals surface area contributed by atoms with Crippen molar-refractivity contribution in [3.8, 4) is 16.9 Å². The summed E-state index contributed by atoms with van der Waals surface area (Å²) >= 11 is 1.09. The SMILES string of the molecule is COc1ccccc1N(CC(=O)Nc1ccccc1-c1ccccc1)S(=O)(=O)c1cccs1. The highest BCUT2D eigenvalue weighted by Crippen LogP contribution is 2.34. The van der Waals surface area contributed by atoms with Crippen molar-refractivity contribution < 1.29 is 17.9 Å². The van der Waals surface area contributed by atoms with Crippen LogP contribution < -0.4 is 14.4 Å². The summed E-state index contributed by atoms with van der Waals surface area (Å²) in [5.41, 5.74) is 2.68. The van der Waals surface area contributed by atoms with Crippen LogP contribution in [0.1, 0.15) is 0 Å². The molecule has 0 aliphatic heterocycles. The van der Waals surface area contributed by atoms with Gasteiger partial charge in [0.2, 0.25) is 5.91 Å². The Kier molecular flexibility index (Phi) is 6.76. The molecule has 0 saturated carbocycles. The molecule has 4 rings (SSSR count). The van der Waals surface area contributed by atoms with E-state index >= 15 is 0 Å². The lowest BCUT2D eigenvalue weighted by Crippen LogP contribution is -2.38. The van der Waals surface area contributed by atoms with Crippen molar-refractivity contribution in [1.82, 2.24) is 0 Å². The molecule has 0 fully saturated rings. The van der Waals surface area contributed by atoms with Crippen molar-refractivity contribution >= 4 is 38.6 Å². The van der Waals surface area contributed by atoms with Crippen molar-refractivity contribution in [2.45, 2.75) is 4.21 Å². The Bertz CT molecular complexity index is 1340. The van der Waals surface area contributed by atoms with E-state index in [1.165, 1.54) is 13.2 Å². The predicted molar refractivity (Wildman–Crippen MR) is 132 cm³/mol. The number of ether oxygens (including phenoxy) is 1. The summed E-state index contributed by atoms with van der Waals surface area (Å²) in [5.74, 6) is -0.112. The average Bonchev–Trinajstić information content (AvgIpc) is 3.39. The van der Waals surface area contributed by atoms with E-state index in [2.05, 4.69) is 5.32 Å². The molecule has 168 valence electrons. The van der Waals surface area contributed by atoms with Gasteiger partial charge in [-0.1, -0.05) is 66.7 Å². The maximum Gasteiger partial charge on any atom is 0.274 e. The molecule has 3 aromatic carbocycles. The summed E-state index contributed by atoms with van der Waals surface area (Å²) in [6.45, 7) is -0.413. The topological polar surface area (TPSA) is 75.7 Å². The molecule has 33 heavy (non-hydrogen) atoms. The van der Waals surface area contributed by atoms with E-state index in [9.17, 15) is 13.2 Å². The molecular weight excluding hydrogens is 456 g/mol. The lowest BCUT2D eigenvalue weighted by atomic mass is 10.0. The van der Waals surface area contributed by atoms with Crippen LogP contribution in [0.3, 0.4) is 0 Å².